The Labute approximate surface area is 175 Å². The van der Waals surface area contributed by atoms with Crippen LogP contribution < -0.4 is 10.6 Å². The van der Waals surface area contributed by atoms with Crippen molar-refractivity contribution >= 4 is 29.9 Å². The number of aryl methyl sites for hydroxylation is 1. The van der Waals surface area contributed by atoms with Gasteiger partial charge in [-0.05, 0) is 37.3 Å². The van der Waals surface area contributed by atoms with Crippen LogP contribution >= 0.6 is 24.0 Å². The standard InChI is InChI=1S/C20H33N3O2.HI/c1-4-17-6-8-19(9-7-17)16(2)23-20(21-3)22-11-5-12-24-14-18-10-13-25-15-18;/h6-9,16,18H,4-5,10-15H2,1-3H3,(H2,21,22,23);1H. The van der Waals surface area contributed by atoms with E-state index < -0.39 is 0 Å². The lowest BCUT2D eigenvalue weighted by atomic mass is 10.1. The fraction of sp³-hybridized carbons (Fsp3) is 0.650. The maximum absolute atomic E-state index is 5.72. The molecule has 0 amide bonds. The third-order valence-electron chi connectivity index (χ3n) is 4.60. The van der Waals surface area contributed by atoms with E-state index in [9.17, 15) is 0 Å². The SMILES string of the molecule is CCc1ccc(C(C)NC(=NC)NCCCOCC2CCOC2)cc1.I. The summed E-state index contributed by atoms with van der Waals surface area (Å²) >= 11 is 0. The maximum atomic E-state index is 5.72. The van der Waals surface area contributed by atoms with Gasteiger partial charge in [0, 0.05) is 32.7 Å². The van der Waals surface area contributed by atoms with Gasteiger partial charge in [-0.3, -0.25) is 4.99 Å². The molecule has 0 bridgehead atoms. The Morgan fingerprint density at radius 2 is 2.12 bits per heavy atom. The number of nitrogens with one attached hydrogen (secondary N) is 2. The molecule has 0 spiro atoms. The molecule has 1 fully saturated rings. The Bertz CT molecular complexity index is 516. The molecule has 1 aromatic carbocycles. The molecule has 26 heavy (non-hydrogen) atoms. The Morgan fingerprint density at radius 1 is 1.35 bits per heavy atom. The summed E-state index contributed by atoms with van der Waals surface area (Å²) in [5.74, 6) is 1.42. The molecule has 2 rings (SSSR count). The average molecular weight is 475 g/mol. The number of hydrogen-bond acceptors (Lipinski definition) is 3. The highest BCUT2D eigenvalue weighted by Gasteiger charge is 2.15. The highest BCUT2D eigenvalue weighted by Crippen LogP contribution is 2.14. The number of ether oxygens (including phenoxy) is 2. The lowest BCUT2D eigenvalue weighted by molar-refractivity contribution is 0.0888. The van der Waals surface area contributed by atoms with Gasteiger partial charge in [-0.15, -0.1) is 24.0 Å². The van der Waals surface area contributed by atoms with E-state index in [-0.39, 0.29) is 30.0 Å². The van der Waals surface area contributed by atoms with Crippen LogP contribution in [0.4, 0.5) is 0 Å². The molecular weight excluding hydrogens is 441 g/mol. The summed E-state index contributed by atoms with van der Waals surface area (Å²) in [5.41, 5.74) is 2.63. The summed E-state index contributed by atoms with van der Waals surface area (Å²) in [6.07, 6.45) is 3.17. The molecule has 5 nitrogen and oxygen atoms in total. The summed E-state index contributed by atoms with van der Waals surface area (Å²) in [4.78, 5) is 4.31. The molecule has 0 saturated carbocycles. The van der Waals surface area contributed by atoms with E-state index in [0.29, 0.717) is 5.92 Å². The van der Waals surface area contributed by atoms with Crippen molar-refractivity contribution in [1.29, 1.82) is 0 Å². The van der Waals surface area contributed by atoms with E-state index in [0.717, 1.165) is 58.2 Å². The van der Waals surface area contributed by atoms with Crippen molar-refractivity contribution in [2.24, 2.45) is 10.9 Å². The third kappa shape index (κ3) is 8.22. The van der Waals surface area contributed by atoms with Crippen LogP contribution in [0, 0.1) is 5.92 Å². The summed E-state index contributed by atoms with van der Waals surface area (Å²) in [7, 11) is 1.80. The second kappa shape index (κ2) is 13.3. The molecule has 2 unspecified atom stereocenters. The van der Waals surface area contributed by atoms with Gasteiger partial charge < -0.3 is 20.1 Å². The van der Waals surface area contributed by atoms with Crippen molar-refractivity contribution in [1.82, 2.24) is 10.6 Å². The normalized spacial score (nSPS) is 18.3. The van der Waals surface area contributed by atoms with E-state index in [1.165, 1.54) is 11.1 Å². The Balaban J connectivity index is 0.00000338. The predicted octanol–water partition coefficient (Wildman–Crippen LogP) is 3.54. The first-order valence-corrected chi connectivity index (χ1v) is 9.44. The largest absolute Gasteiger partial charge is 0.381 e. The van der Waals surface area contributed by atoms with Gasteiger partial charge in [0.25, 0.3) is 0 Å². The fourth-order valence-electron chi connectivity index (χ4n) is 2.87. The number of guanidine groups is 1. The van der Waals surface area contributed by atoms with Crippen LogP contribution in [-0.2, 0) is 15.9 Å². The Kier molecular flexibility index (Phi) is 11.9. The highest BCUT2D eigenvalue weighted by molar-refractivity contribution is 14.0. The van der Waals surface area contributed by atoms with E-state index in [1.807, 2.05) is 0 Å². The van der Waals surface area contributed by atoms with Gasteiger partial charge in [-0.2, -0.15) is 0 Å². The van der Waals surface area contributed by atoms with Gasteiger partial charge >= 0.3 is 0 Å². The highest BCUT2D eigenvalue weighted by atomic mass is 127. The lowest BCUT2D eigenvalue weighted by Gasteiger charge is -2.18. The topological polar surface area (TPSA) is 54.9 Å². The van der Waals surface area contributed by atoms with Gasteiger partial charge in [0.1, 0.15) is 0 Å². The Hall–Kier alpha value is -0.860. The fourth-order valence-corrected chi connectivity index (χ4v) is 2.87. The zero-order chi connectivity index (χ0) is 17.9. The molecule has 1 heterocycles. The number of rotatable bonds is 9. The van der Waals surface area contributed by atoms with Crippen LogP contribution in [0.2, 0.25) is 0 Å². The first-order chi connectivity index (χ1) is 12.2. The summed E-state index contributed by atoms with van der Waals surface area (Å²) in [6, 6.07) is 8.97. The minimum absolute atomic E-state index is 0. The summed E-state index contributed by atoms with van der Waals surface area (Å²) in [5, 5.41) is 6.79. The molecule has 0 aromatic heterocycles. The van der Waals surface area contributed by atoms with Crippen LogP contribution in [-0.4, -0.2) is 46.0 Å². The van der Waals surface area contributed by atoms with Crippen molar-refractivity contribution in [2.45, 2.75) is 39.2 Å². The van der Waals surface area contributed by atoms with E-state index in [4.69, 9.17) is 9.47 Å². The minimum Gasteiger partial charge on any atom is -0.381 e. The number of benzene rings is 1. The van der Waals surface area contributed by atoms with E-state index >= 15 is 0 Å². The quantitative estimate of drug-likeness (QED) is 0.248. The molecule has 0 radical (unpaired) electrons. The van der Waals surface area contributed by atoms with Crippen molar-refractivity contribution in [3.05, 3.63) is 35.4 Å². The maximum Gasteiger partial charge on any atom is 0.191 e. The van der Waals surface area contributed by atoms with Gasteiger partial charge in [0.05, 0.1) is 19.3 Å². The number of hydrogen-bond donors (Lipinski definition) is 2. The molecule has 1 saturated heterocycles. The number of aliphatic imine (C=N–C) groups is 1. The molecule has 6 heteroatoms. The molecule has 148 valence electrons. The zero-order valence-corrected chi connectivity index (χ0v) is 18.6. The zero-order valence-electron chi connectivity index (χ0n) is 16.3. The molecule has 2 atom stereocenters. The van der Waals surface area contributed by atoms with Crippen molar-refractivity contribution in [3.63, 3.8) is 0 Å². The smallest absolute Gasteiger partial charge is 0.191 e. The first-order valence-electron chi connectivity index (χ1n) is 9.44. The van der Waals surface area contributed by atoms with Gasteiger partial charge in [-0.1, -0.05) is 31.2 Å². The number of halogens is 1. The second-order valence-corrected chi connectivity index (χ2v) is 6.62. The molecule has 0 aliphatic carbocycles. The van der Waals surface area contributed by atoms with Crippen LogP contribution in [0.25, 0.3) is 0 Å². The lowest BCUT2D eigenvalue weighted by Crippen LogP contribution is -2.39. The number of nitrogens with zero attached hydrogens (tertiary/aromatic N) is 1. The minimum atomic E-state index is 0. The van der Waals surface area contributed by atoms with Crippen LogP contribution in [0.1, 0.15) is 43.9 Å². The second-order valence-electron chi connectivity index (χ2n) is 6.62. The Morgan fingerprint density at radius 3 is 2.73 bits per heavy atom. The van der Waals surface area contributed by atoms with Crippen molar-refractivity contribution in [2.75, 3.05) is 40.0 Å². The van der Waals surface area contributed by atoms with Gasteiger partial charge in [0.15, 0.2) is 5.96 Å². The van der Waals surface area contributed by atoms with Crippen LogP contribution in [0.5, 0.6) is 0 Å². The first kappa shape index (κ1) is 23.2. The third-order valence-corrected chi connectivity index (χ3v) is 4.60. The van der Waals surface area contributed by atoms with Crippen molar-refractivity contribution < 1.29 is 9.47 Å². The molecule has 1 aromatic rings. The predicted molar refractivity (Wildman–Crippen MR) is 119 cm³/mol. The monoisotopic (exact) mass is 475 g/mol. The van der Waals surface area contributed by atoms with Gasteiger partial charge in [-0.25, -0.2) is 0 Å². The average Bonchev–Trinajstić information content (AvgIpc) is 3.16. The summed E-state index contributed by atoms with van der Waals surface area (Å²) < 4.78 is 11.1. The van der Waals surface area contributed by atoms with E-state index in [1.54, 1.807) is 7.05 Å². The molecule has 1 aliphatic heterocycles. The van der Waals surface area contributed by atoms with Crippen LogP contribution in [0.3, 0.4) is 0 Å². The molecular formula is C20H34IN3O2. The molecule has 2 N–H and O–H groups in total. The summed E-state index contributed by atoms with van der Waals surface area (Å²) in [6.45, 7) is 8.51. The van der Waals surface area contributed by atoms with Crippen LogP contribution in [0.15, 0.2) is 29.3 Å². The molecule has 1 aliphatic rings. The van der Waals surface area contributed by atoms with Gasteiger partial charge in [0.2, 0.25) is 0 Å². The van der Waals surface area contributed by atoms with Crippen molar-refractivity contribution in [3.8, 4) is 0 Å². The van der Waals surface area contributed by atoms with E-state index in [2.05, 4.69) is 53.7 Å².